The molecule has 2 aromatic heterocycles. The van der Waals surface area contributed by atoms with Crippen LogP contribution < -0.4 is 0 Å². The molecule has 0 fully saturated rings. The van der Waals surface area contributed by atoms with Crippen molar-refractivity contribution in [2.75, 3.05) is 6.61 Å². The Morgan fingerprint density at radius 1 is 1.31 bits per heavy atom. The number of pyridine rings is 1. The van der Waals surface area contributed by atoms with E-state index >= 15 is 0 Å². The molecule has 3 aromatic rings. The van der Waals surface area contributed by atoms with E-state index in [2.05, 4.69) is 32.4 Å². The standard InChI is InChI=1S/C20H21BrN2O3/c1-3-23-11-17(21)16-10-22-15(8-18(16)23)9-19(25)13-4-6-14(7-5-13)20(2,26)12-24/h4-8,10-11,24,26H,3,9,12H2,1-2H3/t20-/m0/s1. The number of hydrogen-bond acceptors (Lipinski definition) is 4. The number of aromatic nitrogens is 2. The topological polar surface area (TPSA) is 75.4 Å². The van der Waals surface area contributed by atoms with Gasteiger partial charge in [0.05, 0.1) is 24.2 Å². The molecule has 136 valence electrons. The summed E-state index contributed by atoms with van der Waals surface area (Å²) in [4.78, 5) is 17.0. The van der Waals surface area contributed by atoms with E-state index in [1.807, 2.05) is 12.3 Å². The lowest BCUT2D eigenvalue weighted by Gasteiger charge is -2.20. The van der Waals surface area contributed by atoms with Gasteiger partial charge in [-0.3, -0.25) is 9.78 Å². The smallest absolute Gasteiger partial charge is 0.168 e. The molecule has 2 N–H and O–H groups in total. The van der Waals surface area contributed by atoms with Crippen LogP contribution in [0.3, 0.4) is 0 Å². The van der Waals surface area contributed by atoms with E-state index in [0.29, 0.717) is 16.8 Å². The first-order valence-electron chi connectivity index (χ1n) is 8.46. The summed E-state index contributed by atoms with van der Waals surface area (Å²) < 4.78 is 3.10. The molecule has 26 heavy (non-hydrogen) atoms. The van der Waals surface area contributed by atoms with Crippen molar-refractivity contribution in [3.63, 3.8) is 0 Å². The monoisotopic (exact) mass is 416 g/mol. The quantitative estimate of drug-likeness (QED) is 0.603. The average Bonchev–Trinajstić information content (AvgIpc) is 2.97. The molecule has 3 rings (SSSR count). The highest BCUT2D eigenvalue weighted by molar-refractivity contribution is 9.10. The van der Waals surface area contributed by atoms with Crippen molar-refractivity contribution in [2.45, 2.75) is 32.4 Å². The predicted octanol–water partition coefficient (Wildman–Crippen LogP) is 3.44. The third-order valence-corrected chi connectivity index (χ3v) is 5.23. The maximum atomic E-state index is 12.6. The molecule has 0 unspecified atom stereocenters. The maximum absolute atomic E-state index is 12.6. The molecule has 0 radical (unpaired) electrons. The van der Waals surface area contributed by atoms with E-state index in [-0.39, 0.29) is 18.8 Å². The van der Waals surface area contributed by atoms with E-state index in [4.69, 9.17) is 0 Å². The Morgan fingerprint density at radius 2 is 2.00 bits per heavy atom. The number of nitrogens with zero attached hydrogens (tertiary/aromatic N) is 2. The summed E-state index contributed by atoms with van der Waals surface area (Å²) in [6, 6.07) is 8.63. The van der Waals surface area contributed by atoms with Gasteiger partial charge in [0, 0.05) is 34.4 Å². The number of aliphatic hydroxyl groups is 2. The minimum Gasteiger partial charge on any atom is -0.393 e. The van der Waals surface area contributed by atoms with Crippen LogP contribution in [-0.4, -0.2) is 32.2 Å². The maximum Gasteiger partial charge on any atom is 0.168 e. The highest BCUT2D eigenvalue weighted by atomic mass is 79.9. The summed E-state index contributed by atoms with van der Waals surface area (Å²) in [5, 5.41) is 20.3. The number of halogens is 1. The zero-order chi connectivity index (χ0) is 18.9. The SMILES string of the molecule is CCn1cc(Br)c2cnc(CC(=O)c3ccc([C@@](C)(O)CO)cc3)cc21. The Hall–Kier alpha value is -2.02. The Balaban J connectivity index is 1.82. The highest BCUT2D eigenvalue weighted by Crippen LogP contribution is 2.26. The molecular weight excluding hydrogens is 396 g/mol. The minimum atomic E-state index is -1.31. The molecule has 5 nitrogen and oxygen atoms in total. The minimum absolute atomic E-state index is 0.0410. The number of aryl methyl sites for hydroxylation is 1. The second kappa shape index (κ2) is 7.31. The fraction of sp³-hybridized carbons (Fsp3) is 0.300. The molecule has 0 aliphatic rings. The van der Waals surface area contributed by atoms with Gasteiger partial charge < -0.3 is 14.8 Å². The van der Waals surface area contributed by atoms with Crippen molar-refractivity contribution >= 4 is 32.6 Å². The van der Waals surface area contributed by atoms with Gasteiger partial charge in [-0.25, -0.2) is 0 Å². The number of ketones is 1. The van der Waals surface area contributed by atoms with Gasteiger partial charge in [0.15, 0.2) is 5.78 Å². The highest BCUT2D eigenvalue weighted by Gasteiger charge is 2.22. The third-order valence-electron chi connectivity index (χ3n) is 4.59. The summed E-state index contributed by atoms with van der Waals surface area (Å²) in [5.74, 6) is -0.0410. The fourth-order valence-corrected chi connectivity index (χ4v) is 3.47. The molecule has 0 amide bonds. The number of fused-ring (bicyclic) bond motifs is 1. The van der Waals surface area contributed by atoms with Crippen LogP contribution in [0.1, 0.15) is 35.5 Å². The summed E-state index contributed by atoms with van der Waals surface area (Å²) in [5.41, 5.74) is 1.58. The Morgan fingerprint density at radius 3 is 2.62 bits per heavy atom. The van der Waals surface area contributed by atoms with Crippen molar-refractivity contribution < 1.29 is 15.0 Å². The molecule has 0 bridgehead atoms. The van der Waals surface area contributed by atoms with Crippen LogP contribution >= 0.6 is 15.9 Å². The van der Waals surface area contributed by atoms with Gasteiger partial charge in [-0.2, -0.15) is 0 Å². The molecule has 0 aliphatic carbocycles. The van der Waals surface area contributed by atoms with Crippen molar-refractivity contribution in [3.05, 3.63) is 64.0 Å². The fourth-order valence-electron chi connectivity index (χ4n) is 2.92. The van der Waals surface area contributed by atoms with Gasteiger partial charge in [-0.05, 0) is 41.4 Å². The molecule has 0 saturated carbocycles. The summed E-state index contributed by atoms with van der Waals surface area (Å²) in [6.45, 7) is 4.06. The van der Waals surface area contributed by atoms with Crippen LogP contribution in [-0.2, 0) is 18.6 Å². The van der Waals surface area contributed by atoms with Crippen LogP contribution in [0, 0.1) is 0 Å². The Kier molecular flexibility index (Phi) is 5.27. The zero-order valence-corrected chi connectivity index (χ0v) is 16.3. The number of carbonyl (C=O) groups excluding carboxylic acids is 1. The summed E-state index contributed by atoms with van der Waals surface area (Å²) in [7, 11) is 0. The second-order valence-corrected chi connectivity index (χ2v) is 7.42. The number of benzene rings is 1. The number of carbonyl (C=O) groups is 1. The molecule has 1 aromatic carbocycles. The lowest BCUT2D eigenvalue weighted by Crippen LogP contribution is -2.25. The summed E-state index contributed by atoms with van der Waals surface area (Å²) >= 11 is 3.53. The van der Waals surface area contributed by atoms with Gasteiger partial charge in [-0.15, -0.1) is 0 Å². The van der Waals surface area contributed by atoms with Crippen molar-refractivity contribution in [1.29, 1.82) is 0 Å². The van der Waals surface area contributed by atoms with Gasteiger partial charge >= 0.3 is 0 Å². The molecule has 2 heterocycles. The van der Waals surface area contributed by atoms with E-state index in [9.17, 15) is 15.0 Å². The van der Waals surface area contributed by atoms with Gasteiger partial charge in [0.2, 0.25) is 0 Å². The van der Waals surface area contributed by atoms with Crippen LogP contribution in [0.5, 0.6) is 0 Å². The van der Waals surface area contributed by atoms with E-state index in [0.717, 1.165) is 21.9 Å². The molecule has 0 spiro atoms. The molecule has 6 heteroatoms. The number of hydrogen-bond donors (Lipinski definition) is 2. The molecule has 0 aliphatic heterocycles. The lowest BCUT2D eigenvalue weighted by atomic mass is 9.95. The summed E-state index contributed by atoms with van der Waals surface area (Å²) in [6.07, 6.45) is 4.01. The second-order valence-electron chi connectivity index (χ2n) is 6.57. The zero-order valence-electron chi connectivity index (χ0n) is 14.7. The van der Waals surface area contributed by atoms with Crippen LogP contribution in [0.15, 0.2) is 47.2 Å². The van der Waals surface area contributed by atoms with Gasteiger partial charge in [0.25, 0.3) is 0 Å². The molecule has 0 saturated heterocycles. The van der Waals surface area contributed by atoms with Crippen LogP contribution in [0.4, 0.5) is 0 Å². The largest absolute Gasteiger partial charge is 0.393 e. The first-order valence-corrected chi connectivity index (χ1v) is 9.25. The van der Waals surface area contributed by atoms with Crippen LogP contribution in [0.25, 0.3) is 10.9 Å². The lowest BCUT2D eigenvalue weighted by molar-refractivity contribution is -0.00229. The third kappa shape index (κ3) is 3.58. The number of aliphatic hydroxyl groups excluding tert-OH is 1. The predicted molar refractivity (Wildman–Crippen MR) is 104 cm³/mol. The molecule has 1 atom stereocenters. The number of rotatable bonds is 6. The van der Waals surface area contributed by atoms with E-state index in [1.165, 1.54) is 6.92 Å². The van der Waals surface area contributed by atoms with E-state index in [1.54, 1.807) is 30.5 Å². The first-order chi connectivity index (χ1) is 12.4. The normalized spacial score (nSPS) is 13.7. The Labute approximate surface area is 160 Å². The Bertz CT molecular complexity index is 946. The van der Waals surface area contributed by atoms with Crippen LogP contribution in [0.2, 0.25) is 0 Å². The van der Waals surface area contributed by atoms with Crippen molar-refractivity contribution in [1.82, 2.24) is 9.55 Å². The number of Topliss-reactive ketones (excluding diaryl/α,β-unsaturated/α-hetero) is 1. The van der Waals surface area contributed by atoms with E-state index < -0.39 is 5.60 Å². The first kappa shape index (κ1) is 18.8. The average molecular weight is 417 g/mol. The van der Waals surface area contributed by atoms with Gasteiger partial charge in [-0.1, -0.05) is 24.3 Å². The van der Waals surface area contributed by atoms with Gasteiger partial charge in [0.1, 0.15) is 5.60 Å². The molecular formula is C20H21BrN2O3. The van der Waals surface area contributed by atoms with Crippen molar-refractivity contribution in [2.24, 2.45) is 0 Å². The van der Waals surface area contributed by atoms with Crippen molar-refractivity contribution in [3.8, 4) is 0 Å².